The first-order chi connectivity index (χ1) is 21.2. The highest BCUT2D eigenvalue weighted by atomic mass is 35.5. The van der Waals surface area contributed by atoms with Crippen LogP contribution in [-0.2, 0) is 11.4 Å². The molecule has 2 atom stereocenters. The molecule has 0 aliphatic carbocycles. The maximum Gasteiger partial charge on any atom is 0.352 e. The van der Waals surface area contributed by atoms with Gasteiger partial charge in [-0.1, -0.05) is 41.4 Å². The highest BCUT2D eigenvalue weighted by Gasteiger charge is 2.32. The zero-order valence-corrected chi connectivity index (χ0v) is 25.0. The van der Waals surface area contributed by atoms with Crippen molar-refractivity contribution in [2.75, 3.05) is 7.11 Å². The van der Waals surface area contributed by atoms with Crippen LogP contribution in [0.1, 0.15) is 29.5 Å². The van der Waals surface area contributed by atoms with Gasteiger partial charge in [0.15, 0.2) is 17.6 Å². The third-order valence-corrected chi connectivity index (χ3v) is 7.37. The average molecular weight is 635 g/mol. The smallest absolute Gasteiger partial charge is 0.352 e. The van der Waals surface area contributed by atoms with Crippen LogP contribution in [0.25, 0.3) is 0 Å². The minimum atomic E-state index is -0.982. The van der Waals surface area contributed by atoms with Crippen molar-refractivity contribution < 1.29 is 32.9 Å². The predicted octanol–water partition coefficient (Wildman–Crippen LogP) is 7.31. The van der Waals surface area contributed by atoms with Gasteiger partial charge < -0.3 is 29.4 Å². The van der Waals surface area contributed by atoms with Crippen molar-refractivity contribution in [3.05, 3.63) is 123 Å². The van der Waals surface area contributed by atoms with E-state index in [0.717, 1.165) is 5.56 Å². The van der Waals surface area contributed by atoms with Gasteiger partial charge in [0.25, 0.3) is 0 Å². The number of methoxy groups -OCH3 is 1. The van der Waals surface area contributed by atoms with Crippen LogP contribution in [0.4, 0.5) is 4.39 Å². The van der Waals surface area contributed by atoms with Crippen LogP contribution in [0.15, 0.2) is 90.3 Å². The summed E-state index contributed by atoms with van der Waals surface area (Å²) in [5, 5.41) is 11.0. The number of hydrogen-bond acceptors (Lipinski definition) is 8. The van der Waals surface area contributed by atoms with Crippen LogP contribution in [0.3, 0.4) is 0 Å². The fraction of sp³-hybridized carbons (Fsp3) is 0.152. The van der Waals surface area contributed by atoms with Crippen molar-refractivity contribution in [3.63, 3.8) is 0 Å². The first-order valence-electron chi connectivity index (χ1n) is 13.3. The van der Waals surface area contributed by atoms with Crippen LogP contribution in [-0.4, -0.2) is 19.2 Å². The molecule has 44 heavy (non-hydrogen) atoms. The van der Waals surface area contributed by atoms with Gasteiger partial charge in [0.1, 0.15) is 41.3 Å². The summed E-state index contributed by atoms with van der Waals surface area (Å²) in [4.78, 5) is 12.7. The van der Waals surface area contributed by atoms with Gasteiger partial charge in [0.05, 0.1) is 13.0 Å². The number of halogens is 3. The Hall–Kier alpha value is -4.91. The summed E-state index contributed by atoms with van der Waals surface area (Å²) in [6.07, 6.45) is -0.982. The molecule has 8 nitrogen and oxygen atoms in total. The van der Waals surface area contributed by atoms with Gasteiger partial charge in [-0.2, -0.15) is 5.26 Å². The van der Waals surface area contributed by atoms with E-state index in [1.54, 1.807) is 48.5 Å². The molecule has 0 saturated heterocycles. The first kappa shape index (κ1) is 30.5. The van der Waals surface area contributed by atoms with E-state index in [0.29, 0.717) is 44.2 Å². The normalized spacial score (nSPS) is 14.5. The van der Waals surface area contributed by atoms with E-state index in [-0.39, 0.29) is 23.8 Å². The minimum absolute atomic E-state index is 0.0850. The van der Waals surface area contributed by atoms with Gasteiger partial charge >= 0.3 is 5.97 Å². The molecule has 0 bridgehead atoms. The van der Waals surface area contributed by atoms with Crippen molar-refractivity contribution in [1.82, 2.24) is 0 Å². The Morgan fingerprint density at radius 2 is 1.77 bits per heavy atom. The molecule has 0 aromatic heterocycles. The third-order valence-electron chi connectivity index (χ3n) is 6.79. The molecule has 0 radical (unpaired) electrons. The van der Waals surface area contributed by atoms with Crippen molar-refractivity contribution >= 4 is 29.2 Å². The van der Waals surface area contributed by atoms with E-state index in [9.17, 15) is 14.4 Å². The predicted molar refractivity (Wildman–Crippen MR) is 162 cm³/mol. The minimum Gasteiger partial charge on any atom is -0.493 e. The quantitative estimate of drug-likeness (QED) is 0.151. The number of carbonyl (C=O) groups is 1. The summed E-state index contributed by atoms with van der Waals surface area (Å²) in [6.45, 7) is 1.69. The number of nitriles is 1. The summed E-state index contributed by atoms with van der Waals surface area (Å²) in [5.41, 5.74) is 8.42. The van der Waals surface area contributed by atoms with E-state index in [2.05, 4.69) is 6.07 Å². The molecular weight excluding hydrogens is 610 g/mol. The van der Waals surface area contributed by atoms with Gasteiger partial charge in [-0.05, 0) is 67.1 Å². The molecule has 224 valence electrons. The Labute approximate surface area is 262 Å². The SMILES string of the molecule is COc1cc(C2C(C#N)=C(N)Oc3cc(OC(=O)C(C)Oc4ccc(F)cc4)ccc32)ccc1OCc1ccc(Cl)cc1Cl. The number of hydrogen-bond donors (Lipinski definition) is 1. The number of ether oxygens (including phenoxy) is 5. The molecule has 0 amide bonds. The molecule has 1 heterocycles. The second kappa shape index (κ2) is 13.2. The molecule has 11 heteroatoms. The Bertz CT molecular complexity index is 1790. The molecule has 1 aliphatic rings. The average Bonchev–Trinajstić information content (AvgIpc) is 3.01. The lowest BCUT2D eigenvalue weighted by Gasteiger charge is -2.27. The number of carbonyl (C=O) groups excluding carboxylic acids is 1. The lowest BCUT2D eigenvalue weighted by molar-refractivity contribution is -0.141. The van der Waals surface area contributed by atoms with Gasteiger partial charge in [-0.15, -0.1) is 0 Å². The summed E-state index contributed by atoms with van der Waals surface area (Å²) in [7, 11) is 1.51. The number of esters is 1. The number of nitrogens with two attached hydrogens (primary N) is 1. The van der Waals surface area contributed by atoms with E-state index in [4.69, 9.17) is 52.6 Å². The van der Waals surface area contributed by atoms with Crippen LogP contribution in [0.2, 0.25) is 10.0 Å². The summed E-state index contributed by atoms with van der Waals surface area (Å²) >= 11 is 12.3. The van der Waals surface area contributed by atoms with Crippen LogP contribution >= 0.6 is 23.2 Å². The van der Waals surface area contributed by atoms with E-state index in [1.165, 1.54) is 44.4 Å². The molecule has 0 fully saturated rings. The van der Waals surface area contributed by atoms with Crippen molar-refractivity contribution in [2.45, 2.75) is 25.6 Å². The van der Waals surface area contributed by atoms with Crippen molar-refractivity contribution in [1.29, 1.82) is 5.26 Å². The maximum atomic E-state index is 13.2. The van der Waals surface area contributed by atoms with Gasteiger partial charge in [0, 0.05) is 27.2 Å². The standard InChI is InChI=1S/C33H25Cl2FN2O6/c1-18(42-23-8-6-22(36)7-9-23)33(39)43-24-10-11-25-29(15-24)44-32(38)26(16-37)31(25)19-4-12-28(30(13-19)40-2)41-17-20-3-5-21(34)14-27(20)35/h3-15,18,31H,17,38H2,1-2H3. The second-order valence-corrected chi connectivity index (χ2v) is 10.5. The Morgan fingerprint density at radius 1 is 1.02 bits per heavy atom. The zero-order chi connectivity index (χ0) is 31.4. The number of benzene rings is 4. The molecule has 2 unspecified atom stereocenters. The molecule has 4 aromatic rings. The number of allylic oxidation sites excluding steroid dienone is 1. The molecular formula is C33H25Cl2FN2O6. The van der Waals surface area contributed by atoms with Gasteiger partial charge in [-0.25, -0.2) is 9.18 Å². The Morgan fingerprint density at radius 3 is 2.48 bits per heavy atom. The van der Waals surface area contributed by atoms with Gasteiger partial charge in [0.2, 0.25) is 5.88 Å². The second-order valence-electron chi connectivity index (χ2n) is 9.69. The highest BCUT2D eigenvalue weighted by Crippen LogP contribution is 2.45. The largest absolute Gasteiger partial charge is 0.493 e. The lowest BCUT2D eigenvalue weighted by atomic mass is 9.83. The van der Waals surface area contributed by atoms with Crippen molar-refractivity contribution in [2.24, 2.45) is 5.73 Å². The molecule has 1 aliphatic heterocycles. The molecule has 0 spiro atoms. The van der Waals surface area contributed by atoms with Gasteiger partial charge in [-0.3, -0.25) is 0 Å². The Balaban J connectivity index is 1.37. The third kappa shape index (κ3) is 6.67. The topological polar surface area (TPSA) is 113 Å². The number of nitrogens with zero attached hydrogens (tertiary/aromatic N) is 1. The lowest BCUT2D eigenvalue weighted by Crippen LogP contribution is -2.28. The number of rotatable bonds is 9. The zero-order valence-electron chi connectivity index (χ0n) is 23.5. The molecule has 4 aromatic carbocycles. The van der Waals surface area contributed by atoms with E-state index < -0.39 is 23.8 Å². The summed E-state index contributed by atoms with van der Waals surface area (Å²) in [6, 6.07) is 22.6. The fourth-order valence-electron chi connectivity index (χ4n) is 4.58. The summed E-state index contributed by atoms with van der Waals surface area (Å²) in [5.74, 6) is -0.103. The molecule has 2 N–H and O–H groups in total. The highest BCUT2D eigenvalue weighted by molar-refractivity contribution is 6.35. The maximum absolute atomic E-state index is 13.2. The van der Waals surface area contributed by atoms with Crippen molar-refractivity contribution in [3.8, 4) is 34.8 Å². The first-order valence-corrected chi connectivity index (χ1v) is 14.0. The van der Waals surface area contributed by atoms with Crippen LogP contribution in [0.5, 0.6) is 28.7 Å². The van der Waals surface area contributed by atoms with E-state index in [1.807, 2.05) is 0 Å². The molecule has 0 saturated carbocycles. The monoisotopic (exact) mass is 634 g/mol. The Kier molecular flexibility index (Phi) is 9.14. The number of fused-ring (bicyclic) bond motifs is 1. The van der Waals surface area contributed by atoms with Crippen LogP contribution in [0, 0.1) is 17.1 Å². The van der Waals surface area contributed by atoms with E-state index >= 15 is 0 Å². The molecule has 5 rings (SSSR count). The fourth-order valence-corrected chi connectivity index (χ4v) is 5.05. The summed E-state index contributed by atoms with van der Waals surface area (Å²) < 4.78 is 41.6. The van der Waals surface area contributed by atoms with Crippen LogP contribution < -0.4 is 29.4 Å².